The number of fused-ring (bicyclic) bond motifs is 1. The number of aromatic nitrogens is 1. The van der Waals surface area contributed by atoms with Gasteiger partial charge in [0.05, 0.1) is 11.6 Å². The number of para-hydroxylation sites is 1. The van der Waals surface area contributed by atoms with Crippen LogP contribution in [0, 0.1) is 5.92 Å². The van der Waals surface area contributed by atoms with Crippen LogP contribution in [0.25, 0.3) is 10.9 Å². The van der Waals surface area contributed by atoms with Crippen LogP contribution in [0.2, 0.25) is 0 Å². The molecule has 2 aliphatic rings. The molecule has 0 amide bonds. The summed E-state index contributed by atoms with van der Waals surface area (Å²) in [6.07, 6.45) is 3.71. The van der Waals surface area contributed by atoms with E-state index >= 15 is 0 Å². The molecule has 2 heterocycles. The van der Waals surface area contributed by atoms with Crippen molar-refractivity contribution in [3.8, 4) is 0 Å². The first kappa shape index (κ1) is 16.7. The lowest BCUT2D eigenvalue weighted by Crippen LogP contribution is -2.44. The summed E-state index contributed by atoms with van der Waals surface area (Å²) in [5.41, 5.74) is 2.32. The summed E-state index contributed by atoms with van der Waals surface area (Å²) in [5.74, 6) is 5.39. The van der Waals surface area contributed by atoms with Crippen molar-refractivity contribution >= 4 is 34.4 Å². The van der Waals surface area contributed by atoms with E-state index in [2.05, 4.69) is 58.1 Å². The molecule has 24 heavy (non-hydrogen) atoms. The lowest BCUT2D eigenvalue weighted by Gasteiger charge is -2.40. The molecule has 2 aromatic rings. The molecule has 1 saturated carbocycles. The Morgan fingerprint density at radius 1 is 1.12 bits per heavy atom. The predicted molar refractivity (Wildman–Crippen MR) is 105 cm³/mol. The van der Waals surface area contributed by atoms with Gasteiger partial charge in [0.1, 0.15) is 0 Å². The molecule has 1 aliphatic heterocycles. The van der Waals surface area contributed by atoms with Crippen LogP contribution in [0.1, 0.15) is 24.4 Å². The monoisotopic (exact) mass is 360 g/mol. The predicted octanol–water partition coefficient (Wildman–Crippen LogP) is 3.49. The number of aliphatic hydroxyl groups excluding tert-OH is 1. The Balaban J connectivity index is 1.58. The number of aliphatic hydroxyl groups is 1. The molecule has 0 spiro atoms. The maximum Gasteiger partial charge on any atom is 0.0702 e. The van der Waals surface area contributed by atoms with E-state index in [0.717, 1.165) is 18.4 Å². The zero-order valence-electron chi connectivity index (χ0n) is 13.7. The van der Waals surface area contributed by atoms with Crippen LogP contribution in [-0.2, 0) is 0 Å². The molecule has 2 N–H and O–H groups in total. The Bertz CT molecular complexity index is 682. The van der Waals surface area contributed by atoms with Gasteiger partial charge in [0.25, 0.3) is 0 Å². The van der Waals surface area contributed by atoms with Crippen molar-refractivity contribution in [3.63, 3.8) is 0 Å². The SMILES string of the molecule is OC1CC(C(NC2CSCCSC2)c2cnc3ccccc3c2)C1. The van der Waals surface area contributed by atoms with Gasteiger partial charge >= 0.3 is 0 Å². The Morgan fingerprint density at radius 3 is 2.62 bits per heavy atom. The van der Waals surface area contributed by atoms with E-state index in [1.807, 2.05) is 12.3 Å². The largest absolute Gasteiger partial charge is 0.393 e. The fourth-order valence-corrected chi connectivity index (χ4v) is 6.05. The summed E-state index contributed by atoms with van der Waals surface area (Å²) in [7, 11) is 0. The average molecular weight is 361 g/mol. The normalized spacial score (nSPS) is 26.7. The van der Waals surface area contributed by atoms with Crippen molar-refractivity contribution in [3.05, 3.63) is 42.1 Å². The van der Waals surface area contributed by atoms with E-state index < -0.39 is 0 Å². The number of hydrogen-bond donors (Lipinski definition) is 2. The first-order chi connectivity index (χ1) is 11.8. The van der Waals surface area contributed by atoms with Gasteiger partial charge in [0.15, 0.2) is 0 Å². The number of hydrogen-bond acceptors (Lipinski definition) is 5. The van der Waals surface area contributed by atoms with Crippen LogP contribution < -0.4 is 5.32 Å². The molecule has 3 nitrogen and oxygen atoms in total. The highest BCUT2D eigenvalue weighted by atomic mass is 32.2. The molecular weight excluding hydrogens is 336 g/mol. The van der Waals surface area contributed by atoms with Gasteiger partial charge in [-0.25, -0.2) is 0 Å². The molecule has 1 aromatic carbocycles. The molecule has 1 aliphatic carbocycles. The fourth-order valence-electron chi connectivity index (χ4n) is 3.63. The second-order valence-electron chi connectivity index (χ2n) is 6.84. The highest BCUT2D eigenvalue weighted by Crippen LogP contribution is 2.39. The van der Waals surface area contributed by atoms with Crippen molar-refractivity contribution in [1.82, 2.24) is 10.3 Å². The van der Waals surface area contributed by atoms with Gasteiger partial charge in [0, 0.05) is 46.7 Å². The van der Waals surface area contributed by atoms with Gasteiger partial charge < -0.3 is 10.4 Å². The average Bonchev–Trinajstić information content (AvgIpc) is 2.85. The molecule has 4 rings (SSSR count). The topological polar surface area (TPSA) is 45.1 Å². The van der Waals surface area contributed by atoms with Crippen LogP contribution in [-0.4, -0.2) is 45.2 Å². The molecule has 0 bridgehead atoms. The van der Waals surface area contributed by atoms with E-state index in [1.165, 1.54) is 34.0 Å². The zero-order chi connectivity index (χ0) is 16.4. The van der Waals surface area contributed by atoms with E-state index in [-0.39, 0.29) is 6.10 Å². The van der Waals surface area contributed by atoms with Crippen LogP contribution in [0.15, 0.2) is 36.5 Å². The number of nitrogens with one attached hydrogen (secondary N) is 1. The summed E-state index contributed by atoms with van der Waals surface area (Å²) in [4.78, 5) is 4.66. The van der Waals surface area contributed by atoms with Gasteiger partial charge in [0.2, 0.25) is 0 Å². The van der Waals surface area contributed by atoms with Crippen molar-refractivity contribution in [1.29, 1.82) is 0 Å². The minimum absolute atomic E-state index is 0.120. The minimum atomic E-state index is -0.120. The molecule has 0 radical (unpaired) electrons. The molecule has 1 saturated heterocycles. The van der Waals surface area contributed by atoms with Crippen molar-refractivity contribution in [2.45, 2.75) is 31.0 Å². The van der Waals surface area contributed by atoms with E-state index in [0.29, 0.717) is 18.0 Å². The molecule has 2 fully saturated rings. The van der Waals surface area contributed by atoms with Crippen LogP contribution >= 0.6 is 23.5 Å². The number of rotatable bonds is 4. The Labute approximate surface area is 152 Å². The second-order valence-corrected chi connectivity index (χ2v) is 9.14. The fraction of sp³-hybridized carbons (Fsp3) is 0.526. The van der Waals surface area contributed by atoms with Crippen LogP contribution in [0.5, 0.6) is 0 Å². The molecule has 1 atom stereocenters. The van der Waals surface area contributed by atoms with Crippen molar-refractivity contribution < 1.29 is 5.11 Å². The first-order valence-corrected chi connectivity index (χ1v) is 11.0. The van der Waals surface area contributed by atoms with Gasteiger partial charge in [-0.1, -0.05) is 18.2 Å². The maximum absolute atomic E-state index is 9.79. The minimum Gasteiger partial charge on any atom is -0.393 e. The molecule has 1 aromatic heterocycles. The Morgan fingerprint density at radius 2 is 1.88 bits per heavy atom. The molecular formula is C19H24N2OS2. The Hall–Kier alpha value is -0.750. The number of pyridine rings is 1. The quantitative estimate of drug-likeness (QED) is 0.874. The molecule has 1 unspecified atom stereocenters. The third-order valence-corrected chi connectivity index (χ3v) is 7.54. The van der Waals surface area contributed by atoms with Gasteiger partial charge in [-0.15, -0.1) is 0 Å². The second kappa shape index (κ2) is 7.65. The molecule has 5 heteroatoms. The van der Waals surface area contributed by atoms with Gasteiger partial charge in [-0.2, -0.15) is 23.5 Å². The number of benzene rings is 1. The van der Waals surface area contributed by atoms with Gasteiger partial charge in [-0.3, -0.25) is 4.98 Å². The lowest BCUT2D eigenvalue weighted by atomic mass is 9.75. The Kier molecular flexibility index (Phi) is 5.32. The maximum atomic E-state index is 9.79. The standard InChI is InChI=1S/C19H24N2OS2/c22-17-8-14(9-17)19(21-16-11-23-5-6-24-12-16)15-7-13-3-1-2-4-18(13)20-10-15/h1-4,7,10,14,16-17,19,21-22H,5-6,8-9,11-12H2. The third kappa shape index (κ3) is 3.74. The highest BCUT2D eigenvalue weighted by molar-refractivity contribution is 8.03. The van der Waals surface area contributed by atoms with Gasteiger partial charge in [-0.05, 0) is 36.5 Å². The first-order valence-electron chi connectivity index (χ1n) is 8.74. The summed E-state index contributed by atoms with van der Waals surface area (Å²) >= 11 is 4.11. The van der Waals surface area contributed by atoms with Crippen LogP contribution in [0.3, 0.4) is 0 Å². The van der Waals surface area contributed by atoms with Crippen molar-refractivity contribution in [2.75, 3.05) is 23.0 Å². The summed E-state index contributed by atoms with van der Waals surface area (Å²) < 4.78 is 0. The van der Waals surface area contributed by atoms with E-state index in [9.17, 15) is 5.11 Å². The smallest absolute Gasteiger partial charge is 0.0702 e. The zero-order valence-corrected chi connectivity index (χ0v) is 15.4. The number of nitrogens with zero attached hydrogens (tertiary/aromatic N) is 1. The number of thioether (sulfide) groups is 2. The highest BCUT2D eigenvalue weighted by Gasteiger charge is 2.36. The van der Waals surface area contributed by atoms with Crippen LogP contribution in [0.4, 0.5) is 0 Å². The third-order valence-electron chi connectivity index (χ3n) is 5.02. The van der Waals surface area contributed by atoms with E-state index in [1.54, 1.807) is 0 Å². The lowest BCUT2D eigenvalue weighted by molar-refractivity contribution is 0.0227. The summed E-state index contributed by atoms with van der Waals surface area (Å²) in [6.45, 7) is 0. The molecule has 128 valence electrons. The van der Waals surface area contributed by atoms with E-state index in [4.69, 9.17) is 0 Å². The van der Waals surface area contributed by atoms with Crippen molar-refractivity contribution in [2.24, 2.45) is 5.92 Å². The summed E-state index contributed by atoms with van der Waals surface area (Å²) in [5, 5.41) is 14.9. The summed E-state index contributed by atoms with van der Waals surface area (Å²) in [6, 6.07) is 11.4.